The van der Waals surface area contributed by atoms with Crippen molar-refractivity contribution in [2.75, 3.05) is 26.3 Å². The van der Waals surface area contributed by atoms with Crippen molar-refractivity contribution in [3.8, 4) is 22.3 Å². The highest BCUT2D eigenvalue weighted by atomic mass is 35.5. The van der Waals surface area contributed by atoms with Crippen molar-refractivity contribution in [2.24, 2.45) is 5.73 Å². The van der Waals surface area contributed by atoms with Gasteiger partial charge in [-0.1, -0.05) is 97.1 Å². The minimum absolute atomic E-state index is 0. The Balaban J connectivity index is 0.00000308. The van der Waals surface area contributed by atoms with E-state index in [1.165, 1.54) is 0 Å². The summed E-state index contributed by atoms with van der Waals surface area (Å²) in [6, 6.07) is 32.5. The molecule has 0 fully saturated rings. The second-order valence-electron chi connectivity index (χ2n) is 9.55. The summed E-state index contributed by atoms with van der Waals surface area (Å²) in [7, 11) is 0. The van der Waals surface area contributed by atoms with Crippen LogP contribution < -0.4 is 5.73 Å². The minimum Gasteiger partial charge on any atom is -0.448 e. The predicted octanol–water partition coefficient (Wildman–Crippen LogP) is 6.57. The molecule has 0 aliphatic heterocycles. The average molecular weight is 541 g/mol. The van der Waals surface area contributed by atoms with Crippen LogP contribution in [0, 0.1) is 0 Å². The molecule has 0 radical (unpaired) electrons. The molecule has 2 N–H and O–H groups in total. The Morgan fingerprint density at radius 3 is 1.21 bits per heavy atom. The molecule has 0 spiro atoms. The van der Waals surface area contributed by atoms with Gasteiger partial charge in [-0.05, 0) is 44.5 Å². The van der Waals surface area contributed by atoms with E-state index in [0.717, 1.165) is 49.4 Å². The van der Waals surface area contributed by atoms with Gasteiger partial charge in [0.05, 0.1) is 0 Å². The number of hydrogen-bond acceptors (Lipinski definition) is 5. The number of carbonyl (C=O) groups is 2. The fraction of sp³-hybridized carbons (Fsp3) is 0.188. The summed E-state index contributed by atoms with van der Waals surface area (Å²) in [5, 5.41) is 0. The molecule has 4 aromatic rings. The quantitative estimate of drug-likeness (QED) is 0.299. The first-order valence-corrected chi connectivity index (χ1v) is 12.8. The van der Waals surface area contributed by atoms with E-state index >= 15 is 0 Å². The van der Waals surface area contributed by atoms with E-state index in [-0.39, 0.29) is 50.5 Å². The van der Waals surface area contributed by atoms with E-state index in [4.69, 9.17) is 15.2 Å². The van der Waals surface area contributed by atoms with Gasteiger partial charge in [-0.25, -0.2) is 14.5 Å². The maximum absolute atomic E-state index is 13.1. The summed E-state index contributed by atoms with van der Waals surface area (Å²) >= 11 is 0. The zero-order valence-corrected chi connectivity index (χ0v) is 22.1. The van der Waals surface area contributed by atoms with E-state index in [9.17, 15) is 9.59 Å². The van der Waals surface area contributed by atoms with Crippen molar-refractivity contribution < 1.29 is 19.1 Å². The van der Waals surface area contributed by atoms with Crippen molar-refractivity contribution in [1.29, 1.82) is 0 Å². The first kappa shape index (κ1) is 26.5. The summed E-state index contributed by atoms with van der Waals surface area (Å²) in [6.07, 6.45) is -1.51. The predicted molar refractivity (Wildman–Crippen MR) is 153 cm³/mol. The van der Waals surface area contributed by atoms with Gasteiger partial charge in [0.1, 0.15) is 13.2 Å². The van der Waals surface area contributed by atoms with Crippen LogP contribution in [0.3, 0.4) is 0 Å². The van der Waals surface area contributed by atoms with Crippen LogP contribution >= 0.6 is 12.4 Å². The van der Waals surface area contributed by atoms with Gasteiger partial charge in [0.2, 0.25) is 0 Å². The van der Waals surface area contributed by atoms with E-state index in [1.807, 2.05) is 48.5 Å². The van der Waals surface area contributed by atoms with Crippen LogP contribution in [-0.4, -0.2) is 43.4 Å². The molecule has 39 heavy (non-hydrogen) atoms. The molecular weight excluding hydrogens is 512 g/mol. The van der Waals surface area contributed by atoms with Gasteiger partial charge in [-0.2, -0.15) is 0 Å². The lowest BCUT2D eigenvalue weighted by Gasteiger charge is -2.22. The van der Waals surface area contributed by atoms with Crippen molar-refractivity contribution in [3.63, 3.8) is 0 Å². The molecule has 2 aliphatic rings. The summed E-state index contributed by atoms with van der Waals surface area (Å²) < 4.78 is 11.4. The van der Waals surface area contributed by atoms with E-state index < -0.39 is 12.2 Å². The number of imide groups is 1. The van der Waals surface area contributed by atoms with Crippen LogP contribution in [0.25, 0.3) is 22.3 Å². The standard InChI is InChI=1S/C32H28N2O4.ClH/c33-17-18-34(31(35)37-19-29-25-13-5-1-9-21(25)22-10-2-6-14-26(22)29)32(36)38-20-30-27-15-7-3-11-23(27)24-12-4-8-16-28(24)30;/h1-16,29-30H,17-20,33H2;1H. The minimum atomic E-state index is -0.755. The first-order chi connectivity index (χ1) is 18.7. The molecule has 0 aromatic heterocycles. The lowest BCUT2D eigenvalue weighted by molar-refractivity contribution is 0.0749. The molecule has 2 aliphatic carbocycles. The van der Waals surface area contributed by atoms with Crippen LogP contribution in [0.15, 0.2) is 97.1 Å². The third kappa shape index (κ3) is 4.78. The van der Waals surface area contributed by atoms with Crippen LogP contribution in [0.5, 0.6) is 0 Å². The van der Waals surface area contributed by atoms with Crippen molar-refractivity contribution in [3.05, 3.63) is 119 Å². The number of rotatable bonds is 6. The van der Waals surface area contributed by atoms with Crippen molar-refractivity contribution >= 4 is 24.6 Å². The van der Waals surface area contributed by atoms with Gasteiger partial charge < -0.3 is 15.2 Å². The number of ether oxygens (including phenoxy) is 2. The van der Waals surface area contributed by atoms with E-state index in [0.29, 0.717) is 0 Å². The Bertz CT molecular complexity index is 1320. The molecule has 2 amide bonds. The van der Waals surface area contributed by atoms with Crippen molar-refractivity contribution in [1.82, 2.24) is 4.90 Å². The molecule has 0 heterocycles. The fourth-order valence-electron chi connectivity index (χ4n) is 5.73. The second-order valence-corrected chi connectivity index (χ2v) is 9.55. The number of fused-ring (bicyclic) bond motifs is 6. The highest BCUT2D eigenvalue weighted by Gasteiger charge is 2.33. The zero-order chi connectivity index (χ0) is 26.1. The number of hydrogen-bond donors (Lipinski definition) is 1. The summed E-state index contributed by atoms with van der Waals surface area (Å²) in [4.78, 5) is 27.1. The van der Waals surface area contributed by atoms with Gasteiger partial charge >= 0.3 is 12.2 Å². The topological polar surface area (TPSA) is 81.9 Å². The van der Waals surface area contributed by atoms with Gasteiger partial charge in [-0.15, -0.1) is 12.4 Å². The number of benzene rings is 4. The lowest BCUT2D eigenvalue weighted by Crippen LogP contribution is -2.41. The number of nitrogens with two attached hydrogens (primary N) is 1. The fourth-order valence-corrected chi connectivity index (χ4v) is 5.73. The molecule has 0 saturated carbocycles. The Morgan fingerprint density at radius 2 is 0.897 bits per heavy atom. The molecule has 0 saturated heterocycles. The molecular formula is C32H29ClN2O4. The molecule has 6 rings (SSSR count). The number of halogens is 1. The summed E-state index contributed by atoms with van der Waals surface area (Å²) in [5.41, 5.74) is 14.7. The van der Waals surface area contributed by atoms with Gasteiger partial charge in [0.25, 0.3) is 0 Å². The monoisotopic (exact) mass is 540 g/mol. The Labute approximate surface area is 233 Å². The third-order valence-corrected chi connectivity index (χ3v) is 7.47. The third-order valence-electron chi connectivity index (χ3n) is 7.47. The molecule has 198 valence electrons. The van der Waals surface area contributed by atoms with Gasteiger partial charge in [0, 0.05) is 24.9 Å². The number of nitrogens with zero attached hydrogens (tertiary/aromatic N) is 1. The maximum atomic E-state index is 13.1. The van der Waals surface area contributed by atoms with E-state index in [1.54, 1.807) is 0 Å². The van der Waals surface area contributed by atoms with E-state index in [2.05, 4.69) is 48.5 Å². The molecule has 4 aromatic carbocycles. The lowest BCUT2D eigenvalue weighted by atomic mass is 9.98. The average Bonchev–Trinajstić information content (AvgIpc) is 3.46. The van der Waals surface area contributed by atoms with Gasteiger partial charge in [-0.3, -0.25) is 0 Å². The normalized spacial score (nSPS) is 12.9. The largest absolute Gasteiger partial charge is 0.448 e. The van der Waals surface area contributed by atoms with Crippen molar-refractivity contribution in [2.45, 2.75) is 11.8 Å². The summed E-state index contributed by atoms with van der Waals surface area (Å²) in [5.74, 6) is -0.206. The molecule has 0 bridgehead atoms. The maximum Gasteiger partial charge on any atom is 0.419 e. The highest BCUT2D eigenvalue weighted by molar-refractivity contribution is 5.88. The van der Waals surface area contributed by atoms with Crippen LogP contribution in [0.2, 0.25) is 0 Å². The Kier molecular flexibility index (Phi) is 7.68. The molecule has 7 heteroatoms. The summed E-state index contributed by atoms with van der Waals surface area (Å²) in [6.45, 7) is 0.344. The van der Waals surface area contributed by atoms with Crippen LogP contribution in [-0.2, 0) is 9.47 Å². The molecule has 6 nitrogen and oxygen atoms in total. The highest BCUT2D eigenvalue weighted by Crippen LogP contribution is 2.45. The number of amides is 2. The molecule has 0 atom stereocenters. The first-order valence-electron chi connectivity index (χ1n) is 12.8. The molecule has 0 unspecified atom stereocenters. The Hall–Kier alpha value is -4.13. The SMILES string of the molecule is Cl.NCCN(C(=O)OCC1c2ccccc2-c2ccccc21)C(=O)OCC1c2ccccc2-c2ccccc21. The van der Waals surface area contributed by atoms with Crippen LogP contribution in [0.4, 0.5) is 9.59 Å². The van der Waals surface area contributed by atoms with Crippen LogP contribution in [0.1, 0.15) is 34.1 Å². The Morgan fingerprint density at radius 1 is 0.590 bits per heavy atom. The number of carbonyl (C=O) groups excluding carboxylic acids is 2. The zero-order valence-electron chi connectivity index (χ0n) is 21.3. The smallest absolute Gasteiger partial charge is 0.419 e. The second kappa shape index (κ2) is 11.3. The van der Waals surface area contributed by atoms with Gasteiger partial charge in [0.15, 0.2) is 0 Å².